The molecule has 0 bridgehead atoms. The Labute approximate surface area is 439 Å². The van der Waals surface area contributed by atoms with Crippen LogP contribution in [0.25, 0.3) is 108 Å². The lowest BCUT2D eigenvalue weighted by Crippen LogP contribution is -2.26. The number of nitrogens with zero attached hydrogens (tertiary/aromatic N) is 1. The van der Waals surface area contributed by atoms with E-state index in [0.29, 0.717) is 0 Å². The molecule has 2 aliphatic carbocycles. The molecule has 0 aliphatic heterocycles. The average Bonchev–Trinajstić information content (AvgIpc) is 4.15. The molecule has 13 aromatic carbocycles. The number of hydrogen-bond acceptors (Lipinski definition) is 2. The molecule has 0 radical (unpaired) electrons. The van der Waals surface area contributed by atoms with Gasteiger partial charge in [0.05, 0.1) is 11.1 Å². The zero-order valence-corrected chi connectivity index (χ0v) is 41.7. The van der Waals surface area contributed by atoms with E-state index in [1.54, 1.807) is 0 Å². The summed E-state index contributed by atoms with van der Waals surface area (Å²) in [6, 6.07) is 103. The van der Waals surface area contributed by atoms with Crippen LogP contribution < -0.4 is 4.90 Å². The third-order valence-electron chi connectivity index (χ3n) is 16.5. The van der Waals surface area contributed by atoms with Crippen LogP contribution in [0.2, 0.25) is 0 Å². The fraction of sp³-hybridized carbons (Fsp3) is 0.0137. The van der Waals surface area contributed by atoms with Crippen molar-refractivity contribution in [1.29, 1.82) is 0 Å². The molecule has 14 aromatic rings. The van der Waals surface area contributed by atoms with Crippen LogP contribution in [0.4, 0.5) is 17.1 Å². The van der Waals surface area contributed by atoms with Gasteiger partial charge in [-0.2, -0.15) is 0 Å². The fourth-order valence-corrected chi connectivity index (χ4v) is 14.6. The number of fused-ring (bicyclic) bond motifs is 19. The van der Waals surface area contributed by atoms with E-state index in [-0.39, 0.29) is 0 Å². The summed E-state index contributed by atoms with van der Waals surface area (Å²) in [6.45, 7) is 0. The summed E-state index contributed by atoms with van der Waals surface area (Å²) < 4.78 is 2.58. The first-order valence-corrected chi connectivity index (χ1v) is 26.8. The lowest BCUT2D eigenvalue weighted by atomic mass is 9.70. The third kappa shape index (κ3) is 6.06. The van der Waals surface area contributed by atoms with Crippen LogP contribution in [0, 0.1) is 0 Å². The zero-order valence-electron chi connectivity index (χ0n) is 40.8. The second-order valence-electron chi connectivity index (χ2n) is 20.2. The molecule has 0 N–H and O–H groups in total. The number of rotatable bonds is 6. The first-order valence-electron chi connectivity index (χ1n) is 26.0. The maximum absolute atomic E-state index is 2.60. The number of thiophene rings is 1. The fourth-order valence-electron chi connectivity index (χ4n) is 13.3. The van der Waals surface area contributed by atoms with E-state index in [1.165, 1.54) is 130 Å². The highest BCUT2D eigenvalue weighted by molar-refractivity contribution is 7.26. The van der Waals surface area contributed by atoms with Crippen LogP contribution in [-0.2, 0) is 5.41 Å². The van der Waals surface area contributed by atoms with Crippen LogP contribution in [0.3, 0.4) is 0 Å². The molecule has 16 rings (SSSR count). The van der Waals surface area contributed by atoms with E-state index in [1.807, 2.05) is 11.3 Å². The molecule has 2 heteroatoms. The summed E-state index contributed by atoms with van der Waals surface area (Å²) in [5.41, 5.74) is 20.3. The molecule has 1 nitrogen and oxygen atoms in total. The zero-order chi connectivity index (χ0) is 49.2. The SMILES string of the molecule is c1ccc(-c2ccc(N(c3ccc4c5ccccc5c5ccccc5c4c3)c3cc4c(cc3-c3cccc5c3sc3ccccc35)-c3ccccc3C43c4ccccc4-c4ccccc43)cc2-c2ccccc2)cc1. The van der Waals surface area contributed by atoms with Crippen molar-refractivity contribution >= 4 is 80.9 Å². The van der Waals surface area contributed by atoms with Crippen molar-refractivity contribution in [2.45, 2.75) is 5.41 Å². The molecule has 0 atom stereocenters. The minimum Gasteiger partial charge on any atom is -0.310 e. The quantitative estimate of drug-likeness (QED) is 0.150. The monoisotopic (exact) mass is 967 g/mol. The summed E-state index contributed by atoms with van der Waals surface area (Å²) in [6.07, 6.45) is 0. The second kappa shape index (κ2) is 16.3. The number of benzene rings is 13. The van der Waals surface area contributed by atoms with E-state index in [4.69, 9.17) is 0 Å². The first kappa shape index (κ1) is 42.2. The van der Waals surface area contributed by atoms with Crippen molar-refractivity contribution in [2.24, 2.45) is 0 Å². The van der Waals surface area contributed by atoms with Gasteiger partial charge in [0.2, 0.25) is 0 Å². The summed E-state index contributed by atoms with van der Waals surface area (Å²) in [5.74, 6) is 0. The van der Waals surface area contributed by atoms with Crippen LogP contribution in [0.15, 0.2) is 273 Å². The van der Waals surface area contributed by atoms with Gasteiger partial charge in [-0.15, -0.1) is 11.3 Å². The summed E-state index contributed by atoms with van der Waals surface area (Å²) in [7, 11) is 0. The first-order chi connectivity index (χ1) is 37.2. The maximum Gasteiger partial charge on any atom is 0.0726 e. The minimum absolute atomic E-state index is 0.549. The van der Waals surface area contributed by atoms with Gasteiger partial charge in [-0.05, 0) is 142 Å². The second-order valence-corrected chi connectivity index (χ2v) is 21.3. The lowest BCUT2D eigenvalue weighted by molar-refractivity contribution is 0.794. The van der Waals surface area contributed by atoms with E-state index in [0.717, 1.165) is 17.1 Å². The smallest absolute Gasteiger partial charge is 0.0726 e. The highest BCUT2D eigenvalue weighted by Gasteiger charge is 2.52. The molecule has 1 aromatic heterocycles. The molecule has 0 unspecified atom stereocenters. The Bertz CT molecular complexity index is 4580. The number of anilines is 3. The summed E-state index contributed by atoms with van der Waals surface area (Å²) >= 11 is 1.90. The van der Waals surface area contributed by atoms with Crippen LogP contribution in [-0.4, -0.2) is 0 Å². The Morgan fingerprint density at radius 1 is 0.253 bits per heavy atom. The largest absolute Gasteiger partial charge is 0.310 e. The molecule has 1 spiro atoms. The normalized spacial score (nSPS) is 12.9. The predicted octanol–water partition coefficient (Wildman–Crippen LogP) is 20.3. The molecule has 0 amide bonds. The molecule has 0 saturated heterocycles. The molecular formula is C73H45NS. The average molecular weight is 968 g/mol. The van der Waals surface area contributed by atoms with Crippen molar-refractivity contribution in [2.75, 3.05) is 4.90 Å². The Kier molecular flexibility index (Phi) is 9.19. The van der Waals surface area contributed by atoms with Crippen LogP contribution >= 0.6 is 11.3 Å². The molecule has 1 heterocycles. The van der Waals surface area contributed by atoms with Gasteiger partial charge in [0, 0.05) is 42.7 Å². The highest BCUT2D eigenvalue weighted by atomic mass is 32.1. The topological polar surface area (TPSA) is 3.24 Å². The molecule has 0 saturated carbocycles. The van der Waals surface area contributed by atoms with Gasteiger partial charge in [-0.1, -0.05) is 231 Å². The van der Waals surface area contributed by atoms with E-state index >= 15 is 0 Å². The van der Waals surface area contributed by atoms with Gasteiger partial charge in [0.15, 0.2) is 0 Å². The van der Waals surface area contributed by atoms with E-state index in [2.05, 4.69) is 278 Å². The van der Waals surface area contributed by atoms with E-state index in [9.17, 15) is 0 Å². The van der Waals surface area contributed by atoms with Gasteiger partial charge in [0.25, 0.3) is 0 Å². The molecule has 0 fully saturated rings. The number of hydrogen-bond donors (Lipinski definition) is 0. The third-order valence-corrected chi connectivity index (χ3v) is 17.7. The molecule has 2 aliphatic rings. The Morgan fingerprint density at radius 3 is 1.36 bits per heavy atom. The van der Waals surface area contributed by atoms with Gasteiger partial charge in [-0.25, -0.2) is 0 Å². The minimum atomic E-state index is -0.549. The molecule has 348 valence electrons. The summed E-state index contributed by atoms with van der Waals surface area (Å²) in [4.78, 5) is 2.59. The molecule has 75 heavy (non-hydrogen) atoms. The summed E-state index contributed by atoms with van der Waals surface area (Å²) in [5, 5.41) is 10.1. The van der Waals surface area contributed by atoms with Crippen molar-refractivity contribution in [3.63, 3.8) is 0 Å². The standard InChI is InChI=1S/C73H45NS/c1-3-20-46(21-4-1)50-40-38-48(42-62(50)47-22-5-2-6-23-47)74(49-39-41-55-53-26-8-7-24-51(53)52-25-9-10-27-54(52)63(55)43-49)70-45-69-64(44-65(70)61-33-19-32-60-59-31-14-18-37-71(59)75-72(60)61)58-30-13-17-36-68(58)73(69)66-34-15-11-28-56(66)57-29-12-16-35-67(57)73/h1-45H. The maximum atomic E-state index is 2.60. The van der Waals surface area contributed by atoms with Crippen LogP contribution in [0.5, 0.6) is 0 Å². The van der Waals surface area contributed by atoms with Gasteiger partial charge >= 0.3 is 0 Å². The Morgan fingerprint density at radius 2 is 0.720 bits per heavy atom. The lowest BCUT2D eigenvalue weighted by Gasteiger charge is -2.34. The van der Waals surface area contributed by atoms with Gasteiger partial charge < -0.3 is 4.90 Å². The van der Waals surface area contributed by atoms with Crippen molar-refractivity contribution in [1.82, 2.24) is 0 Å². The Hall–Kier alpha value is -9.34. The van der Waals surface area contributed by atoms with Crippen LogP contribution in [0.1, 0.15) is 22.3 Å². The Balaban J connectivity index is 1.07. The highest BCUT2D eigenvalue weighted by Crippen LogP contribution is 2.64. The van der Waals surface area contributed by atoms with Crippen molar-refractivity contribution < 1.29 is 0 Å². The predicted molar refractivity (Wildman–Crippen MR) is 319 cm³/mol. The van der Waals surface area contributed by atoms with Crippen molar-refractivity contribution in [3.05, 3.63) is 295 Å². The van der Waals surface area contributed by atoms with Crippen molar-refractivity contribution in [3.8, 4) is 55.6 Å². The van der Waals surface area contributed by atoms with Gasteiger partial charge in [-0.3, -0.25) is 0 Å². The molecular weight excluding hydrogens is 923 g/mol. The van der Waals surface area contributed by atoms with E-state index < -0.39 is 5.41 Å². The van der Waals surface area contributed by atoms with Gasteiger partial charge in [0.1, 0.15) is 0 Å².